The van der Waals surface area contributed by atoms with Crippen LogP contribution in [0.25, 0.3) is 6.08 Å². The smallest absolute Gasteiger partial charge is 0.262 e. The van der Waals surface area contributed by atoms with Gasteiger partial charge in [-0.25, -0.2) is 0 Å². The summed E-state index contributed by atoms with van der Waals surface area (Å²) in [6, 6.07) is 14.5. The van der Waals surface area contributed by atoms with E-state index in [4.69, 9.17) is 28.6 Å². The van der Waals surface area contributed by atoms with Crippen LogP contribution in [0.5, 0.6) is 5.75 Å². The zero-order chi connectivity index (χ0) is 18.1. The number of rotatable bonds is 5. The van der Waals surface area contributed by atoms with Crippen LogP contribution >= 0.6 is 23.8 Å². The lowest BCUT2D eigenvalue weighted by Crippen LogP contribution is -2.43. The largest absolute Gasteiger partial charge is 0.493 e. The molecule has 0 fully saturated rings. The third-order valence-corrected chi connectivity index (χ3v) is 3.49. The van der Waals surface area contributed by atoms with Crippen molar-refractivity contribution < 1.29 is 9.53 Å². The van der Waals surface area contributed by atoms with Gasteiger partial charge in [0.25, 0.3) is 5.91 Å². The molecule has 5 nitrogen and oxygen atoms in total. The van der Waals surface area contributed by atoms with E-state index in [9.17, 15) is 4.79 Å². The number of para-hydroxylation sites is 1. The quantitative estimate of drug-likeness (QED) is 0.422. The zero-order valence-corrected chi connectivity index (χ0v) is 15.2. The van der Waals surface area contributed by atoms with Gasteiger partial charge < -0.3 is 10.1 Å². The molecule has 0 aliphatic rings. The highest BCUT2D eigenvalue weighted by Crippen LogP contribution is 2.19. The van der Waals surface area contributed by atoms with Gasteiger partial charge in [0.1, 0.15) is 5.75 Å². The molecule has 2 aromatic carbocycles. The minimum atomic E-state index is -0.341. The molecular weight excluding hydrogens is 358 g/mol. The Morgan fingerprint density at radius 3 is 2.60 bits per heavy atom. The Morgan fingerprint density at radius 1 is 1.16 bits per heavy atom. The normalized spacial score (nSPS) is 10.3. The van der Waals surface area contributed by atoms with Crippen molar-refractivity contribution in [1.29, 1.82) is 0 Å². The summed E-state index contributed by atoms with van der Waals surface area (Å²) in [6.45, 7) is 2.47. The number of halogens is 1. The van der Waals surface area contributed by atoms with Gasteiger partial charge in [0, 0.05) is 22.3 Å². The summed E-state index contributed by atoms with van der Waals surface area (Å²) in [7, 11) is 0. The van der Waals surface area contributed by atoms with Gasteiger partial charge in [-0.15, -0.1) is 0 Å². The van der Waals surface area contributed by atoms with Crippen LogP contribution < -0.4 is 20.9 Å². The van der Waals surface area contributed by atoms with Crippen molar-refractivity contribution in [2.24, 2.45) is 0 Å². The van der Waals surface area contributed by atoms with Gasteiger partial charge >= 0.3 is 0 Å². The van der Waals surface area contributed by atoms with Crippen LogP contribution in [0.4, 0.5) is 5.69 Å². The number of hydrazine groups is 1. The molecule has 0 aliphatic carbocycles. The molecule has 0 bridgehead atoms. The SMILES string of the molecule is CCOc1ccccc1/C=C/C(=O)NNC(=S)Nc1ccc(Cl)cc1. The topological polar surface area (TPSA) is 62.4 Å². The van der Waals surface area contributed by atoms with E-state index in [-0.39, 0.29) is 11.0 Å². The van der Waals surface area contributed by atoms with Gasteiger partial charge in [-0.2, -0.15) is 0 Å². The summed E-state index contributed by atoms with van der Waals surface area (Å²) in [5.74, 6) is 0.383. The van der Waals surface area contributed by atoms with Crippen molar-refractivity contribution in [1.82, 2.24) is 10.9 Å². The highest BCUT2D eigenvalue weighted by molar-refractivity contribution is 7.80. The number of anilines is 1. The predicted molar refractivity (Wildman–Crippen MR) is 106 cm³/mol. The van der Waals surface area contributed by atoms with Crippen molar-refractivity contribution in [3.05, 3.63) is 65.2 Å². The number of carbonyl (C=O) groups excluding carboxylic acids is 1. The number of benzene rings is 2. The summed E-state index contributed by atoms with van der Waals surface area (Å²) in [6.07, 6.45) is 3.08. The summed E-state index contributed by atoms with van der Waals surface area (Å²) in [4.78, 5) is 11.9. The molecule has 3 N–H and O–H groups in total. The Kier molecular flexibility index (Phi) is 7.25. The predicted octanol–water partition coefficient (Wildman–Crippen LogP) is 3.77. The number of amides is 1. The van der Waals surface area contributed by atoms with E-state index in [1.807, 2.05) is 31.2 Å². The average molecular weight is 376 g/mol. The fraction of sp³-hybridized carbons (Fsp3) is 0.111. The first-order valence-corrected chi connectivity index (χ1v) is 8.39. The summed E-state index contributed by atoms with van der Waals surface area (Å²) in [5.41, 5.74) is 6.70. The average Bonchev–Trinajstić information content (AvgIpc) is 2.61. The van der Waals surface area contributed by atoms with Crippen molar-refractivity contribution in [2.45, 2.75) is 6.92 Å². The second kappa shape index (κ2) is 9.66. The van der Waals surface area contributed by atoms with E-state index in [0.717, 1.165) is 17.0 Å². The van der Waals surface area contributed by atoms with Crippen molar-refractivity contribution in [3.63, 3.8) is 0 Å². The molecule has 0 unspecified atom stereocenters. The second-order valence-corrected chi connectivity index (χ2v) is 5.72. The van der Waals surface area contributed by atoms with E-state index in [1.54, 1.807) is 30.3 Å². The number of carbonyl (C=O) groups is 1. The fourth-order valence-electron chi connectivity index (χ4n) is 1.93. The molecule has 0 saturated heterocycles. The Bertz CT molecular complexity index is 763. The molecule has 0 aromatic heterocycles. The van der Waals surface area contributed by atoms with Gasteiger partial charge in [0.15, 0.2) is 5.11 Å². The van der Waals surface area contributed by atoms with Gasteiger partial charge in [-0.1, -0.05) is 29.8 Å². The first kappa shape index (κ1) is 18.8. The molecule has 0 saturated carbocycles. The summed E-state index contributed by atoms with van der Waals surface area (Å²) in [5, 5.41) is 3.82. The van der Waals surface area contributed by atoms with Crippen LogP contribution in [0, 0.1) is 0 Å². The molecular formula is C18H18ClN3O2S. The lowest BCUT2D eigenvalue weighted by atomic mass is 10.2. The maximum absolute atomic E-state index is 11.9. The third kappa shape index (κ3) is 6.45. The highest BCUT2D eigenvalue weighted by atomic mass is 35.5. The number of hydrogen-bond donors (Lipinski definition) is 3. The fourth-order valence-corrected chi connectivity index (χ4v) is 2.22. The van der Waals surface area contributed by atoms with Crippen molar-refractivity contribution in [2.75, 3.05) is 11.9 Å². The lowest BCUT2D eigenvalue weighted by molar-refractivity contribution is -0.116. The van der Waals surface area contributed by atoms with Crippen molar-refractivity contribution >= 4 is 46.6 Å². The molecule has 0 spiro atoms. The van der Waals surface area contributed by atoms with E-state index in [2.05, 4.69) is 16.2 Å². The molecule has 0 aliphatic heterocycles. The molecule has 1 amide bonds. The van der Waals surface area contributed by atoms with Crippen LogP contribution in [-0.2, 0) is 4.79 Å². The number of hydrogen-bond acceptors (Lipinski definition) is 3. The zero-order valence-electron chi connectivity index (χ0n) is 13.6. The monoisotopic (exact) mass is 375 g/mol. The van der Waals surface area contributed by atoms with E-state index >= 15 is 0 Å². The van der Waals surface area contributed by atoms with Gasteiger partial charge in [-0.05, 0) is 55.5 Å². The minimum Gasteiger partial charge on any atom is -0.493 e. The maximum atomic E-state index is 11.9. The van der Waals surface area contributed by atoms with E-state index in [0.29, 0.717) is 11.6 Å². The standard InChI is InChI=1S/C18H18ClN3O2S/c1-2-24-16-6-4-3-5-13(16)7-12-17(23)21-22-18(25)20-15-10-8-14(19)9-11-15/h3-12H,2H2,1H3,(H,21,23)(H2,20,22,25)/b12-7+. The highest BCUT2D eigenvalue weighted by Gasteiger charge is 2.01. The van der Waals surface area contributed by atoms with Crippen molar-refractivity contribution in [3.8, 4) is 5.75 Å². The Hall–Kier alpha value is -2.57. The molecule has 130 valence electrons. The van der Waals surface area contributed by atoms with Gasteiger partial charge in [-0.3, -0.25) is 15.6 Å². The summed E-state index contributed by atoms with van der Waals surface area (Å²) >= 11 is 10.9. The van der Waals surface area contributed by atoms with E-state index in [1.165, 1.54) is 6.08 Å². The molecule has 2 aromatic rings. The number of nitrogens with one attached hydrogen (secondary N) is 3. The van der Waals surface area contributed by atoms with E-state index < -0.39 is 0 Å². The molecule has 7 heteroatoms. The lowest BCUT2D eigenvalue weighted by Gasteiger charge is -2.10. The van der Waals surface area contributed by atoms with Crippen LogP contribution in [0.15, 0.2) is 54.6 Å². The number of thiocarbonyl (C=S) groups is 1. The van der Waals surface area contributed by atoms with Crippen LogP contribution in [0.1, 0.15) is 12.5 Å². The van der Waals surface area contributed by atoms with Crippen LogP contribution in [0.3, 0.4) is 0 Å². The van der Waals surface area contributed by atoms with Crippen LogP contribution in [-0.4, -0.2) is 17.6 Å². The molecule has 0 heterocycles. The van der Waals surface area contributed by atoms with Crippen LogP contribution in [0.2, 0.25) is 5.02 Å². The Morgan fingerprint density at radius 2 is 1.88 bits per heavy atom. The second-order valence-electron chi connectivity index (χ2n) is 4.88. The minimum absolute atomic E-state index is 0.263. The number of ether oxygens (including phenoxy) is 1. The molecule has 2 rings (SSSR count). The third-order valence-electron chi connectivity index (χ3n) is 3.03. The maximum Gasteiger partial charge on any atom is 0.262 e. The Labute approximate surface area is 157 Å². The molecule has 25 heavy (non-hydrogen) atoms. The molecule has 0 atom stereocenters. The summed E-state index contributed by atoms with van der Waals surface area (Å²) < 4.78 is 5.50. The molecule has 0 radical (unpaired) electrons. The first-order valence-electron chi connectivity index (χ1n) is 7.61. The first-order chi connectivity index (χ1) is 12.1. The Balaban J connectivity index is 1.84. The van der Waals surface area contributed by atoms with Gasteiger partial charge in [0.2, 0.25) is 0 Å². The van der Waals surface area contributed by atoms with Gasteiger partial charge in [0.05, 0.1) is 6.61 Å².